The van der Waals surface area contributed by atoms with E-state index in [0.717, 1.165) is 71.8 Å². The predicted octanol–water partition coefficient (Wildman–Crippen LogP) is 11.0. The molecule has 4 heterocycles. The lowest BCUT2D eigenvalue weighted by molar-refractivity contribution is 0.0998. The van der Waals surface area contributed by atoms with Gasteiger partial charge in [0.25, 0.3) is 11.8 Å². The molecule has 2 aliphatic heterocycles. The van der Waals surface area contributed by atoms with Gasteiger partial charge in [0.2, 0.25) is 0 Å². The van der Waals surface area contributed by atoms with Gasteiger partial charge in [-0.1, -0.05) is 78.1 Å². The van der Waals surface area contributed by atoms with Crippen molar-refractivity contribution in [3.63, 3.8) is 0 Å². The number of thiophene rings is 2. The molecule has 0 saturated carbocycles. The first-order chi connectivity index (χ1) is 18.3. The average Bonchev–Trinajstić information content (AvgIpc) is 3.57. The van der Waals surface area contributed by atoms with Gasteiger partial charge < -0.3 is 0 Å². The molecule has 0 aliphatic carbocycles. The largest absolute Gasteiger partial charge is 0.279 e. The number of halogens is 2. The molecule has 0 radical (unpaired) electrons. The molecule has 0 bridgehead atoms. The molecule has 2 aromatic heterocycles. The van der Waals surface area contributed by atoms with Crippen LogP contribution in [0.1, 0.15) is 145 Å². The summed E-state index contributed by atoms with van der Waals surface area (Å²) < 4.78 is 1.91. The van der Waals surface area contributed by atoms with Crippen LogP contribution in [0.25, 0.3) is 0 Å². The first kappa shape index (κ1) is 31.6. The van der Waals surface area contributed by atoms with Gasteiger partial charge in [0.15, 0.2) is 0 Å². The summed E-state index contributed by atoms with van der Waals surface area (Å²) in [5.74, 6) is -0.109. The fourth-order valence-electron chi connectivity index (χ4n) is 5.09. The molecule has 0 unspecified atom stereocenters. The second kappa shape index (κ2) is 15.7. The van der Waals surface area contributed by atoms with Gasteiger partial charge in [-0.25, -0.2) is 9.98 Å². The molecular weight excluding hydrogens is 644 g/mol. The summed E-state index contributed by atoms with van der Waals surface area (Å²) in [4.78, 5) is 34.6. The van der Waals surface area contributed by atoms with Crippen molar-refractivity contribution in [2.24, 2.45) is 9.98 Å². The van der Waals surface area contributed by atoms with Crippen molar-refractivity contribution in [3.05, 3.63) is 39.6 Å². The molecule has 38 heavy (non-hydrogen) atoms. The van der Waals surface area contributed by atoms with Crippen LogP contribution in [0.3, 0.4) is 0 Å². The highest BCUT2D eigenvalue weighted by atomic mass is 79.9. The molecule has 0 spiro atoms. The molecule has 208 valence electrons. The molecule has 2 amide bonds. The van der Waals surface area contributed by atoms with Crippen molar-refractivity contribution < 1.29 is 9.59 Å². The Morgan fingerprint density at radius 3 is 1.53 bits per heavy atom. The first-order valence-corrected chi connectivity index (χ1v) is 17.3. The topological polar surface area (TPSA) is 58.9 Å². The minimum absolute atomic E-state index is 0.0159. The number of carbonyl (C=O) groups is 2. The Labute approximate surface area is 253 Å². The Kier molecular flexibility index (Phi) is 13.1. The fourth-order valence-corrected chi connectivity index (χ4v) is 9.35. The van der Waals surface area contributed by atoms with Crippen molar-refractivity contribution >= 4 is 77.8 Å². The second-order valence-corrected chi connectivity index (χ2v) is 15.2. The van der Waals surface area contributed by atoms with E-state index < -0.39 is 0 Å². The Bertz CT molecular complexity index is 1100. The summed E-state index contributed by atoms with van der Waals surface area (Å²) in [7, 11) is 0. The number of amides is 2. The van der Waals surface area contributed by atoms with E-state index in [9.17, 15) is 9.59 Å². The molecule has 0 N–H and O–H groups in total. The lowest BCUT2D eigenvalue weighted by Gasteiger charge is -2.02. The number of aryl methyl sites for hydroxylation is 2. The molecule has 4 rings (SSSR count). The van der Waals surface area contributed by atoms with Gasteiger partial charge in [-0.2, -0.15) is 0 Å². The van der Waals surface area contributed by atoms with E-state index in [4.69, 9.17) is 0 Å². The zero-order valence-corrected chi connectivity index (χ0v) is 28.0. The molecule has 4 nitrogen and oxygen atoms in total. The SMILES string of the molecule is CCCCCCCCC1=NC(=O)c2c(Br)sc(Br)c21.CCCCCCCCC1=NC(=O)c2c(C)sc(C)c21. The van der Waals surface area contributed by atoms with Crippen molar-refractivity contribution in [2.45, 2.75) is 118 Å². The number of fused-ring (bicyclic) bond motifs is 2. The number of carbonyl (C=O) groups excluding carboxylic acids is 2. The lowest BCUT2D eigenvalue weighted by atomic mass is 10.0. The Morgan fingerprint density at radius 2 is 0.974 bits per heavy atom. The standard InChI is InChI=1S/C16H23NOS.C14H17Br2NOS/c1-4-5-6-7-8-9-10-13-14-11(2)19-12(3)15(14)16(18)17-13;1-2-3-4-5-6-7-8-9-10-11(14(18)17-9)13(16)19-12(10)15/h4-10H2,1-3H3;2-8H2,1H3. The monoisotopic (exact) mass is 682 g/mol. The number of aliphatic imine (C=N–C) groups is 2. The van der Waals surface area contributed by atoms with Gasteiger partial charge in [-0.05, 0) is 71.4 Å². The van der Waals surface area contributed by atoms with Crippen LogP contribution in [-0.4, -0.2) is 23.2 Å². The van der Waals surface area contributed by atoms with Gasteiger partial charge in [-0.15, -0.1) is 22.7 Å². The number of unbranched alkanes of at least 4 members (excludes halogenated alkanes) is 10. The van der Waals surface area contributed by atoms with E-state index in [1.54, 1.807) is 22.7 Å². The van der Waals surface area contributed by atoms with E-state index in [1.807, 2.05) is 6.92 Å². The van der Waals surface area contributed by atoms with Crippen LogP contribution in [0.5, 0.6) is 0 Å². The molecule has 0 aromatic carbocycles. The normalized spacial score (nSPS) is 13.8. The predicted molar refractivity (Wildman–Crippen MR) is 171 cm³/mol. The zero-order chi connectivity index (χ0) is 27.7. The van der Waals surface area contributed by atoms with Crippen LogP contribution in [0, 0.1) is 13.8 Å². The number of nitrogens with zero attached hydrogens (tertiary/aromatic N) is 2. The maximum Gasteiger partial charge on any atom is 0.279 e. The Hall–Kier alpha value is -0.960. The number of hydrogen-bond acceptors (Lipinski definition) is 4. The highest BCUT2D eigenvalue weighted by molar-refractivity contribution is 9.12. The van der Waals surface area contributed by atoms with Crippen molar-refractivity contribution in [2.75, 3.05) is 0 Å². The van der Waals surface area contributed by atoms with Crippen LogP contribution in [0.2, 0.25) is 0 Å². The van der Waals surface area contributed by atoms with E-state index in [0.29, 0.717) is 0 Å². The summed E-state index contributed by atoms with van der Waals surface area (Å²) in [6, 6.07) is 0. The quantitative estimate of drug-likeness (QED) is 0.186. The zero-order valence-electron chi connectivity index (χ0n) is 23.2. The summed E-state index contributed by atoms with van der Waals surface area (Å²) in [6.07, 6.45) is 17.1. The van der Waals surface area contributed by atoms with Crippen molar-refractivity contribution in [1.29, 1.82) is 0 Å². The molecule has 2 aliphatic rings. The van der Waals surface area contributed by atoms with Gasteiger partial charge in [-0.3, -0.25) is 9.59 Å². The van der Waals surface area contributed by atoms with E-state index in [1.165, 1.54) is 69.1 Å². The van der Waals surface area contributed by atoms with Crippen LogP contribution >= 0.6 is 54.5 Å². The highest BCUT2D eigenvalue weighted by Gasteiger charge is 2.30. The van der Waals surface area contributed by atoms with Gasteiger partial charge >= 0.3 is 0 Å². The Morgan fingerprint density at radius 1 is 0.553 bits per heavy atom. The fraction of sp³-hybridized carbons (Fsp3) is 0.600. The number of hydrogen-bond donors (Lipinski definition) is 0. The molecule has 0 fully saturated rings. The minimum Gasteiger partial charge on any atom is -0.267 e. The molecule has 0 saturated heterocycles. The van der Waals surface area contributed by atoms with Crippen LogP contribution in [0.4, 0.5) is 0 Å². The third kappa shape index (κ3) is 8.05. The van der Waals surface area contributed by atoms with E-state index in [2.05, 4.69) is 62.6 Å². The first-order valence-electron chi connectivity index (χ1n) is 14.1. The number of rotatable bonds is 14. The lowest BCUT2D eigenvalue weighted by Crippen LogP contribution is -1.98. The summed E-state index contributed by atoms with van der Waals surface area (Å²) in [5.41, 5.74) is 5.81. The smallest absolute Gasteiger partial charge is 0.267 e. The third-order valence-electron chi connectivity index (χ3n) is 7.09. The molecule has 8 heteroatoms. The summed E-state index contributed by atoms with van der Waals surface area (Å²) in [5, 5.41) is 0. The summed E-state index contributed by atoms with van der Waals surface area (Å²) >= 11 is 10.3. The molecular formula is C30H40Br2N2O2S2. The highest BCUT2D eigenvalue weighted by Crippen LogP contribution is 2.41. The maximum atomic E-state index is 11.9. The van der Waals surface area contributed by atoms with E-state index >= 15 is 0 Å². The van der Waals surface area contributed by atoms with Crippen LogP contribution in [-0.2, 0) is 0 Å². The van der Waals surface area contributed by atoms with Gasteiger partial charge in [0.05, 0.1) is 30.1 Å². The van der Waals surface area contributed by atoms with Crippen LogP contribution < -0.4 is 0 Å². The third-order valence-corrected chi connectivity index (χ3v) is 10.6. The van der Waals surface area contributed by atoms with Gasteiger partial charge in [0, 0.05) is 20.9 Å². The maximum absolute atomic E-state index is 11.9. The summed E-state index contributed by atoms with van der Waals surface area (Å²) in [6.45, 7) is 8.60. The molecule has 0 atom stereocenters. The minimum atomic E-state index is -0.0928. The average molecular weight is 685 g/mol. The van der Waals surface area contributed by atoms with E-state index in [-0.39, 0.29) is 11.8 Å². The van der Waals surface area contributed by atoms with Crippen molar-refractivity contribution in [3.8, 4) is 0 Å². The van der Waals surface area contributed by atoms with Crippen molar-refractivity contribution in [1.82, 2.24) is 0 Å². The van der Waals surface area contributed by atoms with Crippen LogP contribution in [0.15, 0.2) is 17.6 Å². The van der Waals surface area contributed by atoms with Gasteiger partial charge in [0.1, 0.15) is 0 Å². The second-order valence-electron chi connectivity index (χ2n) is 10.1. The Balaban J connectivity index is 0.000000211. The molecule has 2 aromatic rings.